The predicted molar refractivity (Wildman–Crippen MR) is 110 cm³/mol. The Labute approximate surface area is 170 Å². The minimum atomic E-state index is -0.692. The normalized spacial score (nSPS) is 14.0. The Morgan fingerprint density at radius 1 is 1.17 bits per heavy atom. The summed E-state index contributed by atoms with van der Waals surface area (Å²) in [6.45, 7) is 3.66. The summed E-state index contributed by atoms with van der Waals surface area (Å²) in [4.78, 5) is 41.6. The predicted octanol–water partition coefficient (Wildman–Crippen LogP) is 2.30. The number of rotatable bonds is 7. The SMILES string of the molecule is CCCNC(=O)[C@@H](C)NC(=O)COC(=O)c1c2c(nc3ccccc13)CCCC2. The molecule has 7 nitrogen and oxygen atoms in total. The summed E-state index contributed by atoms with van der Waals surface area (Å²) in [6, 6.07) is 6.79. The first kappa shape index (κ1) is 20.8. The summed E-state index contributed by atoms with van der Waals surface area (Å²) < 4.78 is 5.32. The molecule has 1 heterocycles. The molecule has 1 aromatic heterocycles. The topological polar surface area (TPSA) is 97.4 Å². The number of aromatic nitrogens is 1. The number of nitrogens with zero attached hydrogens (tertiary/aromatic N) is 1. The van der Waals surface area contributed by atoms with Gasteiger partial charge >= 0.3 is 5.97 Å². The maximum atomic E-state index is 12.9. The van der Waals surface area contributed by atoms with Gasteiger partial charge < -0.3 is 15.4 Å². The first-order valence-electron chi connectivity index (χ1n) is 10.2. The van der Waals surface area contributed by atoms with Crippen LogP contribution in [0, 0.1) is 0 Å². The van der Waals surface area contributed by atoms with Crippen LogP contribution in [0.2, 0.25) is 0 Å². The Hall–Kier alpha value is -2.96. The highest BCUT2D eigenvalue weighted by atomic mass is 16.5. The van der Waals surface area contributed by atoms with Crippen molar-refractivity contribution in [1.82, 2.24) is 15.6 Å². The molecule has 3 rings (SSSR count). The van der Waals surface area contributed by atoms with Crippen molar-refractivity contribution in [3.05, 3.63) is 41.1 Å². The summed E-state index contributed by atoms with van der Waals surface area (Å²) in [7, 11) is 0. The number of hydrogen-bond donors (Lipinski definition) is 2. The van der Waals surface area contributed by atoms with Gasteiger partial charge in [-0.2, -0.15) is 0 Å². The molecule has 7 heteroatoms. The molecule has 0 radical (unpaired) electrons. The second kappa shape index (κ2) is 9.49. The second-order valence-electron chi connectivity index (χ2n) is 7.29. The van der Waals surface area contributed by atoms with Crippen molar-refractivity contribution < 1.29 is 19.1 Å². The molecule has 1 aliphatic carbocycles. The van der Waals surface area contributed by atoms with Crippen LogP contribution in [0.3, 0.4) is 0 Å². The Morgan fingerprint density at radius 3 is 2.72 bits per heavy atom. The third-order valence-corrected chi connectivity index (χ3v) is 5.03. The minimum Gasteiger partial charge on any atom is -0.452 e. The maximum absolute atomic E-state index is 12.9. The zero-order valence-corrected chi connectivity index (χ0v) is 16.9. The van der Waals surface area contributed by atoms with Crippen LogP contribution in [0.15, 0.2) is 24.3 Å². The van der Waals surface area contributed by atoms with E-state index in [9.17, 15) is 14.4 Å². The number of fused-ring (bicyclic) bond motifs is 2. The molecular formula is C22H27N3O4. The van der Waals surface area contributed by atoms with Crippen LogP contribution in [0.5, 0.6) is 0 Å². The van der Waals surface area contributed by atoms with Crippen molar-refractivity contribution >= 4 is 28.7 Å². The molecule has 0 saturated carbocycles. The Morgan fingerprint density at radius 2 is 1.93 bits per heavy atom. The fourth-order valence-electron chi connectivity index (χ4n) is 3.56. The van der Waals surface area contributed by atoms with Crippen molar-refractivity contribution in [3.8, 4) is 0 Å². The average molecular weight is 397 g/mol. The number of para-hydroxylation sites is 1. The van der Waals surface area contributed by atoms with Crippen LogP contribution < -0.4 is 10.6 Å². The van der Waals surface area contributed by atoms with Crippen molar-refractivity contribution in [2.45, 2.75) is 52.0 Å². The van der Waals surface area contributed by atoms with Crippen LogP contribution in [-0.2, 0) is 27.2 Å². The zero-order valence-electron chi connectivity index (χ0n) is 16.9. The van der Waals surface area contributed by atoms with Crippen molar-refractivity contribution in [2.24, 2.45) is 0 Å². The van der Waals surface area contributed by atoms with Crippen molar-refractivity contribution in [1.29, 1.82) is 0 Å². The molecule has 0 spiro atoms. The van der Waals surface area contributed by atoms with Crippen LogP contribution in [0.4, 0.5) is 0 Å². The van der Waals surface area contributed by atoms with Crippen LogP contribution in [-0.4, -0.2) is 42.0 Å². The minimum absolute atomic E-state index is 0.263. The van der Waals surface area contributed by atoms with Crippen LogP contribution in [0.1, 0.15) is 54.7 Å². The third kappa shape index (κ3) is 4.91. The molecule has 1 aromatic carbocycles. The van der Waals surface area contributed by atoms with Gasteiger partial charge in [0.25, 0.3) is 5.91 Å². The molecule has 0 saturated heterocycles. The lowest BCUT2D eigenvalue weighted by molar-refractivity contribution is -0.130. The van der Waals surface area contributed by atoms with Crippen LogP contribution >= 0.6 is 0 Å². The number of carbonyl (C=O) groups excluding carboxylic acids is 3. The number of ether oxygens (including phenoxy) is 1. The van der Waals surface area contributed by atoms with Gasteiger partial charge in [-0.3, -0.25) is 14.6 Å². The summed E-state index contributed by atoms with van der Waals surface area (Å²) in [5.41, 5.74) is 3.12. The maximum Gasteiger partial charge on any atom is 0.339 e. The number of nitrogens with one attached hydrogen (secondary N) is 2. The number of aryl methyl sites for hydroxylation is 1. The van der Waals surface area contributed by atoms with E-state index in [1.807, 2.05) is 31.2 Å². The van der Waals surface area contributed by atoms with Gasteiger partial charge in [0.15, 0.2) is 6.61 Å². The lowest BCUT2D eigenvalue weighted by atomic mass is 9.90. The van der Waals surface area contributed by atoms with Crippen molar-refractivity contribution in [3.63, 3.8) is 0 Å². The third-order valence-electron chi connectivity index (χ3n) is 5.03. The zero-order chi connectivity index (χ0) is 20.8. The van der Waals surface area contributed by atoms with E-state index in [4.69, 9.17) is 9.72 Å². The van der Waals surface area contributed by atoms with Gasteiger partial charge in [-0.05, 0) is 50.7 Å². The average Bonchev–Trinajstić information content (AvgIpc) is 2.73. The molecule has 154 valence electrons. The number of carbonyl (C=O) groups is 3. The summed E-state index contributed by atoms with van der Waals surface area (Å²) in [5.74, 6) is -1.30. The molecule has 2 N–H and O–H groups in total. The number of esters is 1. The van der Waals surface area contributed by atoms with E-state index in [1.54, 1.807) is 6.92 Å². The summed E-state index contributed by atoms with van der Waals surface area (Å²) >= 11 is 0. The van der Waals surface area contributed by atoms with Gasteiger partial charge in [0, 0.05) is 17.6 Å². The fourth-order valence-corrected chi connectivity index (χ4v) is 3.56. The Kier molecular flexibility index (Phi) is 6.80. The molecule has 1 aliphatic rings. The lowest BCUT2D eigenvalue weighted by Gasteiger charge is -2.20. The summed E-state index contributed by atoms with van der Waals surface area (Å²) in [5, 5.41) is 6.01. The lowest BCUT2D eigenvalue weighted by Crippen LogP contribution is -2.46. The quantitative estimate of drug-likeness (QED) is 0.699. The molecule has 29 heavy (non-hydrogen) atoms. The van der Waals surface area contributed by atoms with Gasteiger partial charge in [-0.1, -0.05) is 25.1 Å². The van der Waals surface area contributed by atoms with Crippen molar-refractivity contribution in [2.75, 3.05) is 13.2 Å². The van der Waals surface area contributed by atoms with E-state index in [1.165, 1.54) is 0 Å². The molecular weight excluding hydrogens is 370 g/mol. The summed E-state index contributed by atoms with van der Waals surface area (Å²) in [6.07, 6.45) is 4.48. The highest BCUT2D eigenvalue weighted by molar-refractivity contribution is 6.05. The van der Waals surface area contributed by atoms with E-state index >= 15 is 0 Å². The van der Waals surface area contributed by atoms with Gasteiger partial charge in [0.2, 0.25) is 5.91 Å². The number of hydrogen-bond acceptors (Lipinski definition) is 5. The molecule has 2 aromatic rings. The highest BCUT2D eigenvalue weighted by Crippen LogP contribution is 2.29. The fraction of sp³-hybridized carbons (Fsp3) is 0.455. The molecule has 0 bridgehead atoms. The molecule has 0 aliphatic heterocycles. The van der Waals surface area contributed by atoms with E-state index in [-0.39, 0.29) is 5.91 Å². The second-order valence-corrected chi connectivity index (χ2v) is 7.29. The molecule has 1 atom stereocenters. The Bertz CT molecular complexity index is 926. The smallest absolute Gasteiger partial charge is 0.339 e. The molecule has 0 fully saturated rings. The van der Waals surface area contributed by atoms with E-state index in [0.717, 1.165) is 54.3 Å². The van der Waals surface area contributed by atoms with E-state index in [2.05, 4.69) is 10.6 Å². The van der Waals surface area contributed by atoms with Gasteiger partial charge in [0.05, 0.1) is 11.1 Å². The number of amides is 2. The highest BCUT2D eigenvalue weighted by Gasteiger charge is 2.24. The first-order valence-corrected chi connectivity index (χ1v) is 10.2. The van der Waals surface area contributed by atoms with Gasteiger partial charge in [-0.25, -0.2) is 4.79 Å². The van der Waals surface area contributed by atoms with Gasteiger partial charge in [-0.15, -0.1) is 0 Å². The van der Waals surface area contributed by atoms with E-state index in [0.29, 0.717) is 12.1 Å². The number of benzene rings is 1. The first-order chi connectivity index (χ1) is 14.0. The largest absolute Gasteiger partial charge is 0.452 e. The van der Waals surface area contributed by atoms with Gasteiger partial charge in [0.1, 0.15) is 6.04 Å². The Balaban J connectivity index is 1.70. The van der Waals surface area contributed by atoms with E-state index < -0.39 is 24.5 Å². The number of pyridine rings is 1. The monoisotopic (exact) mass is 397 g/mol. The standard InChI is InChI=1S/C22H27N3O4/c1-3-12-23-21(27)14(2)24-19(26)13-29-22(28)20-15-8-4-6-10-17(15)25-18-11-7-5-9-16(18)20/h4,6,8,10,14H,3,5,7,9,11-13H2,1-2H3,(H,23,27)(H,24,26)/t14-/m1/s1. The van der Waals surface area contributed by atoms with Crippen LogP contribution in [0.25, 0.3) is 10.9 Å². The molecule has 2 amide bonds. The molecule has 0 unspecified atom stereocenters.